The third kappa shape index (κ3) is 4.75. The second kappa shape index (κ2) is 9.73. The Hall–Kier alpha value is -4.33. The Morgan fingerprint density at radius 3 is 2.58 bits per heavy atom. The van der Waals surface area contributed by atoms with Gasteiger partial charge >= 0.3 is 6.03 Å². The first-order chi connectivity index (χ1) is 17.4. The Morgan fingerprint density at radius 2 is 1.92 bits per heavy atom. The van der Waals surface area contributed by atoms with Crippen molar-refractivity contribution in [2.45, 2.75) is 38.6 Å². The average molecular weight is 484 g/mol. The molecular weight excluding hydrogens is 454 g/mol. The molecule has 5 rings (SSSR count). The molecule has 2 aromatic heterocycles. The van der Waals surface area contributed by atoms with Crippen LogP contribution in [0.25, 0.3) is 11.3 Å². The summed E-state index contributed by atoms with van der Waals surface area (Å²) in [7, 11) is 1.79. The van der Waals surface area contributed by atoms with Gasteiger partial charge in [0, 0.05) is 43.0 Å². The fourth-order valence-corrected chi connectivity index (χ4v) is 4.48. The minimum Gasteiger partial charge on any atom is -0.507 e. The second-order valence-electron chi connectivity index (χ2n) is 9.33. The van der Waals surface area contributed by atoms with Crippen LogP contribution in [0.2, 0.25) is 0 Å². The van der Waals surface area contributed by atoms with Gasteiger partial charge in [-0.05, 0) is 55.7 Å². The van der Waals surface area contributed by atoms with Gasteiger partial charge in [0.25, 0.3) is 5.91 Å². The molecule has 0 spiro atoms. The van der Waals surface area contributed by atoms with Gasteiger partial charge in [0.15, 0.2) is 0 Å². The van der Waals surface area contributed by atoms with E-state index < -0.39 is 0 Å². The molecule has 0 radical (unpaired) electrons. The minimum atomic E-state index is -0.296. The van der Waals surface area contributed by atoms with E-state index in [0.29, 0.717) is 29.2 Å². The normalized spacial score (nSPS) is 13.3. The first kappa shape index (κ1) is 23.4. The highest BCUT2D eigenvalue weighted by Crippen LogP contribution is 2.39. The molecular formula is C28H29N5O3. The van der Waals surface area contributed by atoms with Crippen molar-refractivity contribution in [2.24, 2.45) is 7.05 Å². The summed E-state index contributed by atoms with van der Waals surface area (Å²) < 4.78 is 3.15. The molecule has 184 valence electrons. The molecule has 4 aromatic rings. The van der Waals surface area contributed by atoms with Gasteiger partial charge < -0.3 is 20.3 Å². The molecule has 1 aliphatic rings. The van der Waals surface area contributed by atoms with Crippen LogP contribution in [0, 0.1) is 6.92 Å². The van der Waals surface area contributed by atoms with Crippen LogP contribution in [0.3, 0.4) is 0 Å². The van der Waals surface area contributed by atoms with E-state index in [-0.39, 0.29) is 23.6 Å². The number of nitrogens with zero attached hydrogens (tertiary/aromatic N) is 3. The molecule has 1 fully saturated rings. The van der Waals surface area contributed by atoms with Gasteiger partial charge in [0.1, 0.15) is 11.4 Å². The summed E-state index contributed by atoms with van der Waals surface area (Å²) in [4.78, 5) is 25.6. The predicted molar refractivity (Wildman–Crippen MR) is 138 cm³/mol. The molecule has 3 N–H and O–H groups in total. The zero-order valence-corrected chi connectivity index (χ0v) is 20.4. The number of hydrogen-bond acceptors (Lipinski definition) is 4. The molecule has 2 amide bonds. The Kier molecular flexibility index (Phi) is 6.33. The number of rotatable bonds is 6. The first-order valence-corrected chi connectivity index (χ1v) is 12.1. The van der Waals surface area contributed by atoms with Crippen molar-refractivity contribution < 1.29 is 14.7 Å². The number of anilines is 1. The van der Waals surface area contributed by atoms with Crippen LogP contribution >= 0.6 is 0 Å². The maximum absolute atomic E-state index is 13.1. The van der Waals surface area contributed by atoms with E-state index in [0.717, 1.165) is 36.1 Å². The number of nitrogens with one attached hydrogen (secondary N) is 2. The lowest BCUT2D eigenvalue weighted by molar-refractivity contribution is 0.101. The molecule has 0 saturated heterocycles. The molecule has 8 heteroatoms. The third-order valence-electron chi connectivity index (χ3n) is 6.69. The van der Waals surface area contributed by atoms with E-state index in [9.17, 15) is 14.7 Å². The van der Waals surface area contributed by atoms with Gasteiger partial charge in [0.05, 0.1) is 11.4 Å². The van der Waals surface area contributed by atoms with Gasteiger partial charge in [-0.15, -0.1) is 0 Å². The lowest BCUT2D eigenvalue weighted by Crippen LogP contribution is -2.31. The molecule has 2 heterocycles. The fraction of sp³-hybridized carbons (Fsp3) is 0.250. The summed E-state index contributed by atoms with van der Waals surface area (Å²) in [5.74, 6) is -0.0249. The SMILES string of the molecule is Cc1cccc(CNC(=O)n2nc(-c3ccc(NC(=O)c4cccn4C)cc3O)cc2C2CCC2)c1. The van der Waals surface area contributed by atoms with Crippen LogP contribution in [0.1, 0.15) is 52.5 Å². The number of aromatic nitrogens is 3. The molecule has 2 aromatic carbocycles. The zero-order valence-electron chi connectivity index (χ0n) is 20.4. The van der Waals surface area contributed by atoms with Crippen molar-refractivity contribution in [1.82, 2.24) is 19.7 Å². The summed E-state index contributed by atoms with van der Waals surface area (Å²) in [6.07, 6.45) is 4.93. The van der Waals surface area contributed by atoms with Crippen LogP contribution in [0.4, 0.5) is 10.5 Å². The Morgan fingerprint density at radius 1 is 1.08 bits per heavy atom. The van der Waals surface area contributed by atoms with E-state index in [2.05, 4.69) is 15.7 Å². The van der Waals surface area contributed by atoms with Gasteiger partial charge in [-0.2, -0.15) is 9.78 Å². The highest BCUT2D eigenvalue weighted by Gasteiger charge is 2.27. The first-order valence-electron chi connectivity index (χ1n) is 12.1. The monoisotopic (exact) mass is 483 g/mol. The lowest BCUT2D eigenvalue weighted by Gasteiger charge is -2.25. The number of carbonyl (C=O) groups excluding carboxylic acids is 2. The standard InChI is InChI=1S/C28H29N5O3/c1-18-6-3-7-19(14-18)17-29-28(36)33-25(20-8-4-9-20)16-23(31-33)22-12-11-21(15-26(22)34)30-27(35)24-10-5-13-32(24)2/h3,5-7,10-16,20,34H,4,8-9,17H2,1-2H3,(H,29,36)(H,30,35). The number of aromatic hydroxyl groups is 1. The maximum atomic E-state index is 13.1. The smallest absolute Gasteiger partial charge is 0.342 e. The largest absolute Gasteiger partial charge is 0.507 e. The number of amides is 2. The lowest BCUT2D eigenvalue weighted by atomic mass is 9.82. The van der Waals surface area contributed by atoms with Gasteiger partial charge in [-0.25, -0.2) is 4.79 Å². The molecule has 36 heavy (non-hydrogen) atoms. The minimum absolute atomic E-state index is 0.0235. The molecule has 8 nitrogen and oxygen atoms in total. The summed E-state index contributed by atoms with van der Waals surface area (Å²) in [5.41, 5.74) is 5.00. The fourth-order valence-electron chi connectivity index (χ4n) is 4.48. The van der Waals surface area contributed by atoms with Crippen LogP contribution < -0.4 is 10.6 Å². The number of hydrogen-bond donors (Lipinski definition) is 3. The number of benzene rings is 2. The Balaban J connectivity index is 1.37. The number of carbonyl (C=O) groups is 2. The van der Waals surface area contributed by atoms with E-state index >= 15 is 0 Å². The van der Waals surface area contributed by atoms with Gasteiger partial charge in [-0.1, -0.05) is 36.2 Å². The van der Waals surface area contributed by atoms with Crippen molar-refractivity contribution in [3.63, 3.8) is 0 Å². The summed E-state index contributed by atoms with van der Waals surface area (Å²) in [6, 6.07) is 18.0. The molecule has 0 aliphatic heterocycles. The van der Waals surface area contributed by atoms with Crippen molar-refractivity contribution in [3.05, 3.63) is 89.4 Å². The molecule has 1 saturated carbocycles. The van der Waals surface area contributed by atoms with E-state index in [1.165, 1.54) is 10.7 Å². The van der Waals surface area contributed by atoms with Crippen LogP contribution in [0.5, 0.6) is 5.75 Å². The van der Waals surface area contributed by atoms with Crippen molar-refractivity contribution >= 4 is 17.6 Å². The highest BCUT2D eigenvalue weighted by atomic mass is 16.3. The quantitative estimate of drug-likeness (QED) is 0.352. The topological polar surface area (TPSA) is 101 Å². The van der Waals surface area contributed by atoms with Crippen LogP contribution in [-0.2, 0) is 13.6 Å². The summed E-state index contributed by atoms with van der Waals surface area (Å²) >= 11 is 0. The van der Waals surface area contributed by atoms with Crippen molar-refractivity contribution in [2.75, 3.05) is 5.32 Å². The zero-order chi connectivity index (χ0) is 25.2. The van der Waals surface area contributed by atoms with E-state index in [4.69, 9.17) is 0 Å². The van der Waals surface area contributed by atoms with Gasteiger partial charge in [0.2, 0.25) is 0 Å². The third-order valence-corrected chi connectivity index (χ3v) is 6.69. The highest BCUT2D eigenvalue weighted by molar-refractivity contribution is 6.03. The van der Waals surface area contributed by atoms with Crippen molar-refractivity contribution in [3.8, 4) is 17.0 Å². The molecule has 0 atom stereocenters. The van der Waals surface area contributed by atoms with Gasteiger partial charge in [-0.3, -0.25) is 4.79 Å². The second-order valence-corrected chi connectivity index (χ2v) is 9.33. The maximum Gasteiger partial charge on any atom is 0.342 e. The van der Waals surface area contributed by atoms with Crippen molar-refractivity contribution in [1.29, 1.82) is 0 Å². The summed E-state index contributed by atoms with van der Waals surface area (Å²) in [6.45, 7) is 2.42. The number of phenolic OH excluding ortho intramolecular Hbond substituents is 1. The van der Waals surface area contributed by atoms with Crippen LogP contribution in [0.15, 0.2) is 66.9 Å². The Labute approximate surface area is 209 Å². The Bertz CT molecular complexity index is 1430. The molecule has 0 unspecified atom stereocenters. The number of phenols is 1. The predicted octanol–water partition coefficient (Wildman–Crippen LogP) is 5.18. The van der Waals surface area contributed by atoms with Crippen LogP contribution in [-0.4, -0.2) is 31.4 Å². The molecule has 1 aliphatic carbocycles. The molecule has 0 bridgehead atoms. The van der Waals surface area contributed by atoms with E-state index in [1.54, 1.807) is 42.1 Å². The summed E-state index contributed by atoms with van der Waals surface area (Å²) in [5, 5.41) is 21.1. The average Bonchev–Trinajstić information content (AvgIpc) is 3.43. The number of aryl methyl sites for hydroxylation is 2. The van der Waals surface area contributed by atoms with E-state index in [1.807, 2.05) is 37.3 Å².